The number of carbonyl (C=O) groups excluding carboxylic acids is 1. The predicted molar refractivity (Wildman–Crippen MR) is 114 cm³/mol. The van der Waals surface area contributed by atoms with Crippen molar-refractivity contribution in [1.82, 2.24) is 19.5 Å². The SMILES string of the molecule is Cc1ccc(CCNC(=O)[C@H](C)n2c3ccccc3c3nc(=O)cc(C)n32)cc1. The van der Waals surface area contributed by atoms with Crippen molar-refractivity contribution in [3.8, 4) is 0 Å². The average molecular weight is 388 g/mol. The number of hydrogen-bond donors (Lipinski definition) is 1. The van der Waals surface area contributed by atoms with E-state index in [2.05, 4.69) is 41.5 Å². The summed E-state index contributed by atoms with van der Waals surface area (Å²) in [7, 11) is 0. The Labute approximate surface area is 168 Å². The van der Waals surface area contributed by atoms with E-state index >= 15 is 0 Å². The van der Waals surface area contributed by atoms with Crippen molar-refractivity contribution in [3.05, 3.63) is 81.8 Å². The number of nitrogens with zero attached hydrogens (tertiary/aromatic N) is 3. The maximum absolute atomic E-state index is 12.9. The van der Waals surface area contributed by atoms with Gasteiger partial charge in [-0.05, 0) is 44.9 Å². The molecule has 4 aromatic rings. The average Bonchev–Trinajstić information content (AvgIpc) is 3.03. The van der Waals surface area contributed by atoms with E-state index < -0.39 is 6.04 Å². The minimum absolute atomic E-state index is 0.0714. The molecule has 6 heteroatoms. The zero-order valence-electron chi connectivity index (χ0n) is 16.8. The van der Waals surface area contributed by atoms with Gasteiger partial charge in [-0.15, -0.1) is 0 Å². The molecule has 1 atom stereocenters. The Morgan fingerprint density at radius 2 is 1.83 bits per heavy atom. The van der Waals surface area contributed by atoms with Gasteiger partial charge in [-0.1, -0.05) is 42.0 Å². The van der Waals surface area contributed by atoms with Gasteiger partial charge in [-0.2, -0.15) is 4.98 Å². The smallest absolute Gasteiger partial charge is 0.273 e. The largest absolute Gasteiger partial charge is 0.354 e. The molecule has 4 rings (SSSR count). The summed E-state index contributed by atoms with van der Waals surface area (Å²) in [6, 6.07) is 17.1. The second-order valence-corrected chi connectivity index (χ2v) is 7.44. The normalized spacial score (nSPS) is 12.4. The summed E-state index contributed by atoms with van der Waals surface area (Å²) >= 11 is 0. The van der Waals surface area contributed by atoms with Gasteiger partial charge in [0.25, 0.3) is 5.56 Å². The standard InChI is InChI=1S/C23H24N4O2/c1-15-8-10-18(11-9-15)12-13-24-23(29)17(3)27-20-7-5-4-6-19(20)22-25-21(28)14-16(2)26(22)27/h4-11,14,17H,12-13H2,1-3H3,(H,24,29)/t17-/m0/s1. The van der Waals surface area contributed by atoms with Crippen molar-refractivity contribution in [2.24, 2.45) is 0 Å². The van der Waals surface area contributed by atoms with Crippen molar-refractivity contribution in [1.29, 1.82) is 0 Å². The number of hydrogen-bond acceptors (Lipinski definition) is 3. The van der Waals surface area contributed by atoms with Crippen molar-refractivity contribution < 1.29 is 4.79 Å². The van der Waals surface area contributed by atoms with Crippen molar-refractivity contribution in [3.63, 3.8) is 0 Å². The molecule has 29 heavy (non-hydrogen) atoms. The van der Waals surface area contributed by atoms with Crippen LogP contribution in [0.5, 0.6) is 0 Å². The number of fused-ring (bicyclic) bond motifs is 3. The number of aromatic nitrogens is 3. The van der Waals surface area contributed by atoms with Crippen molar-refractivity contribution in [2.75, 3.05) is 6.54 Å². The van der Waals surface area contributed by atoms with Crippen LogP contribution in [0.1, 0.15) is 29.8 Å². The number of carbonyl (C=O) groups is 1. The summed E-state index contributed by atoms with van der Waals surface area (Å²) in [6.45, 7) is 6.34. The number of aryl methyl sites for hydroxylation is 2. The predicted octanol–water partition coefficient (Wildman–Crippen LogP) is 3.19. The molecular formula is C23H24N4O2. The number of amides is 1. The van der Waals surface area contributed by atoms with Crippen LogP contribution in [0.2, 0.25) is 0 Å². The molecule has 0 unspecified atom stereocenters. The number of nitrogens with one attached hydrogen (secondary N) is 1. The molecule has 0 aliphatic heterocycles. The Kier molecular flexibility index (Phi) is 4.92. The highest BCUT2D eigenvalue weighted by Crippen LogP contribution is 2.24. The van der Waals surface area contributed by atoms with Gasteiger partial charge in [0.2, 0.25) is 5.91 Å². The fraction of sp³-hybridized carbons (Fsp3) is 0.261. The third-order valence-electron chi connectivity index (χ3n) is 5.27. The Hall–Kier alpha value is -3.41. The van der Waals surface area contributed by atoms with Crippen molar-refractivity contribution in [2.45, 2.75) is 33.2 Å². The lowest BCUT2D eigenvalue weighted by Crippen LogP contribution is -2.34. The van der Waals surface area contributed by atoms with Gasteiger partial charge < -0.3 is 5.32 Å². The maximum atomic E-state index is 12.9. The molecule has 2 aromatic heterocycles. The zero-order valence-corrected chi connectivity index (χ0v) is 16.8. The van der Waals surface area contributed by atoms with E-state index in [0.717, 1.165) is 23.0 Å². The Balaban J connectivity index is 1.63. The highest BCUT2D eigenvalue weighted by molar-refractivity contribution is 5.94. The molecule has 1 N–H and O–H groups in total. The summed E-state index contributed by atoms with van der Waals surface area (Å²) in [6.07, 6.45) is 0.777. The highest BCUT2D eigenvalue weighted by Gasteiger charge is 2.22. The molecule has 0 fully saturated rings. The number of benzene rings is 2. The van der Waals surface area contributed by atoms with E-state index in [1.165, 1.54) is 17.2 Å². The van der Waals surface area contributed by atoms with Crippen LogP contribution in [0.4, 0.5) is 0 Å². The van der Waals surface area contributed by atoms with Crippen LogP contribution in [0.3, 0.4) is 0 Å². The first-order valence-electron chi connectivity index (χ1n) is 9.78. The van der Waals surface area contributed by atoms with Crippen LogP contribution >= 0.6 is 0 Å². The van der Waals surface area contributed by atoms with Crippen LogP contribution in [-0.2, 0) is 11.2 Å². The summed E-state index contributed by atoms with van der Waals surface area (Å²) in [5.41, 5.74) is 4.33. The van der Waals surface area contributed by atoms with Gasteiger partial charge in [0.05, 0.1) is 5.52 Å². The van der Waals surface area contributed by atoms with Gasteiger partial charge in [0.15, 0.2) is 5.65 Å². The van der Waals surface area contributed by atoms with E-state index in [9.17, 15) is 9.59 Å². The van der Waals surface area contributed by atoms with Crippen LogP contribution < -0.4 is 10.9 Å². The lowest BCUT2D eigenvalue weighted by atomic mass is 10.1. The maximum Gasteiger partial charge on any atom is 0.273 e. The highest BCUT2D eigenvalue weighted by atomic mass is 16.2. The third kappa shape index (κ3) is 3.53. The van der Waals surface area contributed by atoms with Gasteiger partial charge >= 0.3 is 0 Å². The number of para-hydroxylation sites is 1. The van der Waals surface area contributed by atoms with Crippen LogP contribution in [0, 0.1) is 13.8 Å². The molecule has 2 heterocycles. The summed E-state index contributed by atoms with van der Waals surface area (Å²) in [4.78, 5) is 29.1. The van der Waals surface area contributed by atoms with E-state index in [0.29, 0.717) is 12.2 Å². The van der Waals surface area contributed by atoms with Gasteiger partial charge in [0, 0.05) is 23.7 Å². The molecule has 148 valence electrons. The summed E-state index contributed by atoms with van der Waals surface area (Å²) < 4.78 is 3.77. The molecule has 0 aliphatic carbocycles. The first-order chi connectivity index (χ1) is 14.0. The van der Waals surface area contributed by atoms with E-state index in [4.69, 9.17) is 0 Å². The van der Waals surface area contributed by atoms with Gasteiger partial charge in [0.1, 0.15) is 6.04 Å². The Morgan fingerprint density at radius 1 is 1.10 bits per heavy atom. The zero-order chi connectivity index (χ0) is 20.5. The summed E-state index contributed by atoms with van der Waals surface area (Å²) in [5, 5.41) is 3.89. The monoisotopic (exact) mass is 388 g/mol. The first kappa shape index (κ1) is 18.9. The first-order valence-corrected chi connectivity index (χ1v) is 9.78. The molecule has 2 aromatic carbocycles. The second-order valence-electron chi connectivity index (χ2n) is 7.44. The lowest BCUT2D eigenvalue weighted by molar-refractivity contribution is -0.124. The minimum Gasteiger partial charge on any atom is -0.354 e. The van der Waals surface area contributed by atoms with Crippen LogP contribution in [0.25, 0.3) is 16.6 Å². The van der Waals surface area contributed by atoms with Crippen LogP contribution in [-0.4, -0.2) is 26.6 Å². The molecular weight excluding hydrogens is 364 g/mol. The quantitative estimate of drug-likeness (QED) is 0.571. The lowest BCUT2D eigenvalue weighted by Gasteiger charge is -2.18. The molecule has 0 spiro atoms. The van der Waals surface area contributed by atoms with Gasteiger partial charge in [-0.25, -0.2) is 4.52 Å². The Bertz CT molecular complexity index is 1250. The molecule has 0 bridgehead atoms. The minimum atomic E-state index is -0.460. The fourth-order valence-electron chi connectivity index (χ4n) is 3.73. The molecule has 0 saturated carbocycles. The molecule has 1 amide bonds. The van der Waals surface area contributed by atoms with E-state index in [1.807, 2.05) is 47.3 Å². The van der Waals surface area contributed by atoms with E-state index in [-0.39, 0.29) is 11.5 Å². The van der Waals surface area contributed by atoms with E-state index in [1.54, 1.807) is 0 Å². The van der Waals surface area contributed by atoms with Crippen LogP contribution in [0.15, 0.2) is 59.4 Å². The summed E-state index contributed by atoms with van der Waals surface area (Å²) in [5.74, 6) is -0.0714. The topological polar surface area (TPSA) is 68.4 Å². The molecule has 6 nitrogen and oxygen atoms in total. The number of rotatable bonds is 5. The molecule has 0 radical (unpaired) electrons. The Morgan fingerprint density at radius 3 is 2.59 bits per heavy atom. The fourth-order valence-corrected chi connectivity index (χ4v) is 3.73. The second kappa shape index (κ2) is 7.54. The molecule has 0 aliphatic rings. The third-order valence-corrected chi connectivity index (χ3v) is 5.27. The molecule has 0 saturated heterocycles. The van der Waals surface area contributed by atoms with Crippen molar-refractivity contribution >= 4 is 22.5 Å². The van der Waals surface area contributed by atoms with Gasteiger partial charge in [-0.3, -0.25) is 14.3 Å².